The number of benzene rings is 2. The molecular formula is C18H16F3N3. The number of rotatable bonds is 4. The number of hydrogen-bond donors (Lipinski definition) is 1. The van der Waals surface area contributed by atoms with Gasteiger partial charge in [0.25, 0.3) is 0 Å². The molecule has 0 radical (unpaired) electrons. The van der Waals surface area contributed by atoms with Crippen molar-refractivity contribution < 1.29 is 13.2 Å². The van der Waals surface area contributed by atoms with Crippen molar-refractivity contribution in [3.63, 3.8) is 0 Å². The summed E-state index contributed by atoms with van der Waals surface area (Å²) in [6.45, 7) is 2.57. The quantitative estimate of drug-likeness (QED) is 0.758. The van der Waals surface area contributed by atoms with Gasteiger partial charge in [-0.3, -0.25) is 0 Å². The summed E-state index contributed by atoms with van der Waals surface area (Å²) in [6.07, 6.45) is -2.19. The molecule has 0 amide bonds. The Morgan fingerprint density at radius 1 is 1.00 bits per heavy atom. The Balaban J connectivity index is 1.69. The molecule has 0 fully saturated rings. The normalized spacial score (nSPS) is 11.7. The minimum atomic E-state index is -4.30. The Hall–Kier alpha value is -2.63. The van der Waals surface area contributed by atoms with Crippen LogP contribution in [0.3, 0.4) is 0 Å². The number of alkyl halides is 3. The molecule has 0 bridgehead atoms. The van der Waals surface area contributed by atoms with Gasteiger partial charge in [0, 0.05) is 11.9 Å². The van der Waals surface area contributed by atoms with Gasteiger partial charge in [-0.05, 0) is 42.7 Å². The van der Waals surface area contributed by atoms with E-state index < -0.39 is 11.7 Å². The Labute approximate surface area is 137 Å². The van der Waals surface area contributed by atoms with E-state index in [0.29, 0.717) is 13.0 Å². The number of fused-ring (bicyclic) bond motifs is 1. The monoisotopic (exact) mass is 331 g/mol. The first-order valence-corrected chi connectivity index (χ1v) is 7.55. The van der Waals surface area contributed by atoms with E-state index in [2.05, 4.69) is 15.3 Å². The van der Waals surface area contributed by atoms with Gasteiger partial charge in [-0.15, -0.1) is 0 Å². The first-order chi connectivity index (χ1) is 11.4. The average Bonchev–Trinajstić information content (AvgIpc) is 2.55. The fourth-order valence-electron chi connectivity index (χ4n) is 2.60. The van der Waals surface area contributed by atoms with Crippen molar-refractivity contribution >= 4 is 16.7 Å². The molecule has 0 unspecified atom stereocenters. The van der Waals surface area contributed by atoms with Crippen molar-refractivity contribution in [1.82, 2.24) is 9.97 Å². The SMILES string of the molecule is Cc1cccc2ncnc(NCCc3ccc(C(F)(F)F)cc3)c12. The maximum absolute atomic E-state index is 12.6. The highest BCUT2D eigenvalue weighted by Gasteiger charge is 2.29. The molecule has 0 aliphatic heterocycles. The molecule has 0 atom stereocenters. The lowest BCUT2D eigenvalue weighted by molar-refractivity contribution is -0.137. The summed E-state index contributed by atoms with van der Waals surface area (Å²) in [5.41, 5.74) is 2.15. The lowest BCUT2D eigenvalue weighted by Crippen LogP contribution is -2.08. The first-order valence-electron chi connectivity index (χ1n) is 7.55. The van der Waals surface area contributed by atoms with Crippen LogP contribution in [0.15, 0.2) is 48.8 Å². The van der Waals surface area contributed by atoms with Crippen LogP contribution in [0.4, 0.5) is 19.0 Å². The van der Waals surface area contributed by atoms with Crippen LogP contribution in [-0.4, -0.2) is 16.5 Å². The molecule has 2 aromatic carbocycles. The van der Waals surface area contributed by atoms with Crippen LogP contribution in [0.2, 0.25) is 0 Å². The van der Waals surface area contributed by atoms with Gasteiger partial charge >= 0.3 is 6.18 Å². The molecule has 3 rings (SSSR count). The summed E-state index contributed by atoms with van der Waals surface area (Å²) >= 11 is 0. The number of anilines is 1. The van der Waals surface area contributed by atoms with E-state index in [9.17, 15) is 13.2 Å². The Morgan fingerprint density at radius 2 is 1.75 bits per heavy atom. The largest absolute Gasteiger partial charge is 0.416 e. The lowest BCUT2D eigenvalue weighted by atomic mass is 10.1. The Morgan fingerprint density at radius 3 is 2.46 bits per heavy atom. The van der Waals surface area contributed by atoms with Crippen molar-refractivity contribution in [2.45, 2.75) is 19.5 Å². The van der Waals surface area contributed by atoms with Crippen LogP contribution in [0.5, 0.6) is 0 Å². The third-order valence-corrected chi connectivity index (χ3v) is 3.86. The second kappa shape index (κ2) is 6.47. The molecule has 3 aromatic rings. The van der Waals surface area contributed by atoms with Gasteiger partial charge in [0.2, 0.25) is 0 Å². The van der Waals surface area contributed by atoms with E-state index in [1.165, 1.54) is 18.5 Å². The predicted octanol–water partition coefficient (Wildman–Crippen LogP) is 4.61. The van der Waals surface area contributed by atoms with Gasteiger partial charge in [0.05, 0.1) is 11.1 Å². The molecule has 1 aromatic heterocycles. The van der Waals surface area contributed by atoms with Gasteiger partial charge < -0.3 is 5.32 Å². The molecule has 1 heterocycles. The van der Waals surface area contributed by atoms with Crippen molar-refractivity contribution in [2.75, 3.05) is 11.9 Å². The van der Waals surface area contributed by atoms with E-state index in [1.807, 2.05) is 25.1 Å². The lowest BCUT2D eigenvalue weighted by Gasteiger charge is -2.11. The molecule has 0 saturated carbocycles. The summed E-state index contributed by atoms with van der Waals surface area (Å²) in [4.78, 5) is 8.52. The number of nitrogens with zero attached hydrogens (tertiary/aromatic N) is 2. The van der Waals surface area contributed by atoms with E-state index in [0.717, 1.165) is 40.0 Å². The number of halogens is 3. The summed E-state index contributed by atoms with van der Waals surface area (Å²) in [5, 5.41) is 4.21. The van der Waals surface area contributed by atoms with Crippen LogP contribution < -0.4 is 5.32 Å². The maximum atomic E-state index is 12.6. The standard InChI is InChI=1S/C18H16F3N3/c1-12-3-2-4-15-16(12)17(24-11-23-15)22-10-9-13-5-7-14(8-6-13)18(19,20)21/h2-8,11H,9-10H2,1H3,(H,22,23,24). The zero-order valence-corrected chi connectivity index (χ0v) is 13.1. The fraction of sp³-hybridized carbons (Fsp3) is 0.222. The van der Waals surface area contributed by atoms with Crippen LogP contribution in [0.25, 0.3) is 10.9 Å². The summed E-state index contributed by atoms with van der Waals surface area (Å²) in [5.74, 6) is 0.741. The number of aromatic nitrogens is 2. The van der Waals surface area contributed by atoms with Crippen molar-refractivity contribution in [2.24, 2.45) is 0 Å². The molecule has 0 aliphatic carbocycles. The summed E-state index contributed by atoms with van der Waals surface area (Å²) < 4.78 is 37.7. The van der Waals surface area contributed by atoms with E-state index in [1.54, 1.807) is 0 Å². The molecule has 124 valence electrons. The molecule has 1 N–H and O–H groups in total. The topological polar surface area (TPSA) is 37.8 Å². The highest BCUT2D eigenvalue weighted by molar-refractivity contribution is 5.91. The molecule has 0 saturated heterocycles. The van der Waals surface area contributed by atoms with Gasteiger partial charge in [-0.2, -0.15) is 13.2 Å². The predicted molar refractivity (Wildman–Crippen MR) is 87.9 cm³/mol. The Bertz CT molecular complexity index is 837. The van der Waals surface area contributed by atoms with Crippen LogP contribution in [0, 0.1) is 6.92 Å². The van der Waals surface area contributed by atoms with E-state index >= 15 is 0 Å². The third kappa shape index (κ3) is 3.48. The van der Waals surface area contributed by atoms with Gasteiger partial charge in [0.15, 0.2) is 0 Å². The third-order valence-electron chi connectivity index (χ3n) is 3.86. The molecule has 6 heteroatoms. The number of hydrogen-bond acceptors (Lipinski definition) is 3. The summed E-state index contributed by atoms with van der Waals surface area (Å²) in [7, 11) is 0. The van der Waals surface area contributed by atoms with Crippen LogP contribution in [-0.2, 0) is 12.6 Å². The summed E-state index contributed by atoms with van der Waals surface area (Å²) in [6, 6.07) is 11.1. The second-order valence-corrected chi connectivity index (χ2v) is 5.56. The van der Waals surface area contributed by atoms with Crippen molar-refractivity contribution in [3.05, 3.63) is 65.5 Å². The first kappa shape index (κ1) is 16.2. The van der Waals surface area contributed by atoms with Crippen molar-refractivity contribution in [3.8, 4) is 0 Å². The van der Waals surface area contributed by atoms with Crippen molar-refractivity contribution in [1.29, 1.82) is 0 Å². The van der Waals surface area contributed by atoms with Gasteiger partial charge in [0.1, 0.15) is 12.1 Å². The smallest absolute Gasteiger partial charge is 0.369 e. The zero-order chi connectivity index (χ0) is 17.2. The zero-order valence-electron chi connectivity index (χ0n) is 13.1. The van der Waals surface area contributed by atoms with E-state index in [-0.39, 0.29) is 0 Å². The number of nitrogens with one attached hydrogen (secondary N) is 1. The maximum Gasteiger partial charge on any atom is 0.416 e. The minimum absolute atomic E-state index is 0.575. The molecule has 0 spiro atoms. The van der Waals surface area contributed by atoms with Crippen LogP contribution >= 0.6 is 0 Å². The molecular weight excluding hydrogens is 315 g/mol. The van der Waals surface area contributed by atoms with Gasteiger partial charge in [-0.1, -0.05) is 24.3 Å². The van der Waals surface area contributed by atoms with Crippen LogP contribution in [0.1, 0.15) is 16.7 Å². The fourth-order valence-corrected chi connectivity index (χ4v) is 2.60. The Kier molecular flexibility index (Phi) is 4.38. The highest BCUT2D eigenvalue weighted by atomic mass is 19.4. The molecule has 0 aliphatic rings. The molecule has 24 heavy (non-hydrogen) atoms. The second-order valence-electron chi connectivity index (χ2n) is 5.56. The number of aryl methyl sites for hydroxylation is 1. The highest BCUT2D eigenvalue weighted by Crippen LogP contribution is 2.29. The van der Waals surface area contributed by atoms with Gasteiger partial charge in [-0.25, -0.2) is 9.97 Å². The molecule has 3 nitrogen and oxygen atoms in total. The van der Waals surface area contributed by atoms with E-state index in [4.69, 9.17) is 0 Å². The minimum Gasteiger partial charge on any atom is -0.369 e. The average molecular weight is 331 g/mol.